The third-order valence-corrected chi connectivity index (χ3v) is 2.33. The Morgan fingerprint density at radius 1 is 1.31 bits per heavy atom. The molecule has 0 fully saturated rings. The van der Waals surface area contributed by atoms with E-state index in [-0.39, 0.29) is 6.04 Å². The Hall–Kier alpha value is -0.860. The van der Waals surface area contributed by atoms with Gasteiger partial charge in [-0.05, 0) is 26.0 Å². The smallest absolute Gasteiger partial charge is 0.0309 e. The molecular formula is C11H18N2. The average Bonchev–Trinajstić information content (AvgIpc) is 2.19. The first-order valence-corrected chi connectivity index (χ1v) is 4.72. The van der Waals surface area contributed by atoms with Crippen LogP contribution in [0.15, 0.2) is 30.3 Å². The van der Waals surface area contributed by atoms with Crippen molar-refractivity contribution >= 4 is 0 Å². The molecule has 1 rings (SSSR count). The molecule has 0 aliphatic rings. The second-order valence-corrected chi connectivity index (χ2v) is 3.44. The quantitative estimate of drug-likeness (QED) is 0.736. The lowest BCUT2D eigenvalue weighted by molar-refractivity contribution is 0.504. The van der Waals surface area contributed by atoms with Crippen LogP contribution in [-0.2, 0) is 0 Å². The van der Waals surface area contributed by atoms with Gasteiger partial charge in [0.25, 0.3) is 0 Å². The highest BCUT2D eigenvalue weighted by Gasteiger charge is 2.08. The maximum Gasteiger partial charge on any atom is 0.0309 e. The molecule has 72 valence electrons. The summed E-state index contributed by atoms with van der Waals surface area (Å²) in [6, 6.07) is 10.8. The topological polar surface area (TPSA) is 38.0 Å². The van der Waals surface area contributed by atoms with Crippen molar-refractivity contribution in [1.29, 1.82) is 0 Å². The molecule has 2 heteroatoms. The summed E-state index contributed by atoms with van der Waals surface area (Å²) >= 11 is 0. The Morgan fingerprint density at radius 3 is 2.46 bits per heavy atom. The number of hydrogen-bond acceptors (Lipinski definition) is 2. The van der Waals surface area contributed by atoms with Crippen LogP contribution in [0.2, 0.25) is 0 Å². The summed E-state index contributed by atoms with van der Waals surface area (Å²) in [6.07, 6.45) is 0.973. The van der Waals surface area contributed by atoms with Gasteiger partial charge >= 0.3 is 0 Å². The Kier molecular flexibility index (Phi) is 3.93. The van der Waals surface area contributed by atoms with Crippen molar-refractivity contribution in [2.45, 2.75) is 25.4 Å². The number of hydrogen-bond donors (Lipinski definition) is 2. The third kappa shape index (κ3) is 3.17. The first-order valence-electron chi connectivity index (χ1n) is 4.72. The zero-order valence-electron chi connectivity index (χ0n) is 8.33. The van der Waals surface area contributed by atoms with E-state index in [0.29, 0.717) is 6.04 Å². The van der Waals surface area contributed by atoms with Gasteiger partial charge in [0.05, 0.1) is 0 Å². The predicted octanol–water partition coefficient (Wildman–Crippen LogP) is 1.68. The fraction of sp³-hybridized carbons (Fsp3) is 0.455. The molecule has 2 atom stereocenters. The van der Waals surface area contributed by atoms with Crippen molar-refractivity contribution in [1.82, 2.24) is 5.32 Å². The summed E-state index contributed by atoms with van der Waals surface area (Å²) in [4.78, 5) is 0. The summed E-state index contributed by atoms with van der Waals surface area (Å²) in [5.74, 6) is 0. The lowest BCUT2D eigenvalue weighted by atomic mass is 10.0. The van der Waals surface area contributed by atoms with Crippen LogP contribution in [-0.4, -0.2) is 13.1 Å². The van der Waals surface area contributed by atoms with E-state index in [0.717, 1.165) is 6.42 Å². The highest BCUT2D eigenvalue weighted by Crippen LogP contribution is 2.14. The molecule has 0 bridgehead atoms. The van der Waals surface area contributed by atoms with Gasteiger partial charge in [0.2, 0.25) is 0 Å². The first-order chi connectivity index (χ1) is 6.24. The standard InChI is InChI=1S/C11H18N2/c1-9(13-2)8-11(12)10-6-4-3-5-7-10/h3-7,9,11,13H,8,12H2,1-2H3. The van der Waals surface area contributed by atoms with Gasteiger partial charge in [-0.1, -0.05) is 30.3 Å². The normalized spacial score (nSPS) is 15.3. The van der Waals surface area contributed by atoms with Gasteiger partial charge in [-0.3, -0.25) is 0 Å². The summed E-state index contributed by atoms with van der Waals surface area (Å²) < 4.78 is 0. The molecule has 0 spiro atoms. The zero-order chi connectivity index (χ0) is 9.68. The van der Waals surface area contributed by atoms with Gasteiger partial charge in [-0.25, -0.2) is 0 Å². The lowest BCUT2D eigenvalue weighted by Gasteiger charge is -2.16. The van der Waals surface area contributed by atoms with E-state index in [4.69, 9.17) is 5.73 Å². The molecule has 0 saturated carbocycles. The van der Waals surface area contributed by atoms with Crippen LogP contribution < -0.4 is 11.1 Å². The van der Waals surface area contributed by atoms with Crippen LogP contribution in [0.1, 0.15) is 24.9 Å². The minimum atomic E-state index is 0.142. The maximum atomic E-state index is 6.03. The minimum absolute atomic E-state index is 0.142. The highest BCUT2D eigenvalue weighted by molar-refractivity contribution is 5.18. The Balaban J connectivity index is 2.53. The average molecular weight is 178 g/mol. The molecule has 3 N–H and O–H groups in total. The summed E-state index contributed by atoms with van der Waals surface area (Å²) in [5.41, 5.74) is 7.24. The van der Waals surface area contributed by atoms with Gasteiger partial charge in [-0.15, -0.1) is 0 Å². The molecule has 0 radical (unpaired) electrons. The molecule has 0 aliphatic carbocycles. The third-order valence-electron chi connectivity index (χ3n) is 2.33. The van der Waals surface area contributed by atoms with Crippen molar-refractivity contribution < 1.29 is 0 Å². The van der Waals surface area contributed by atoms with Gasteiger partial charge in [-0.2, -0.15) is 0 Å². The van der Waals surface area contributed by atoms with Gasteiger partial charge in [0, 0.05) is 12.1 Å². The lowest BCUT2D eigenvalue weighted by Crippen LogP contribution is -2.26. The predicted molar refractivity (Wildman–Crippen MR) is 56.5 cm³/mol. The molecule has 13 heavy (non-hydrogen) atoms. The second kappa shape index (κ2) is 5.00. The van der Waals surface area contributed by atoms with Gasteiger partial charge in [0.15, 0.2) is 0 Å². The van der Waals surface area contributed by atoms with Crippen molar-refractivity contribution in [2.75, 3.05) is 7.05 Å². The Morgan fingerprint density at radius 2 is 1.92 bits per heavy atom. The number of rotatable bonds is 4. The van der Waals surface area contributed by atoms with E-state index in [1.54, 1.807) is 0 Å². The van der Waals surface area contributed by atoms with Crippen molar-refractivity contribution in [3.8, 4) is 0 Å². The van der Waals surface area contributed by atoms with Gasteiger partial charge < -0.3 is 11.1 Å². The molecule has 0 aromatic heterocycles. The molecule has 1 aromatic rings. The summed E-state index contributed by atoms with van der Waals surface area (Å²) in [5, 5.41) is 3.19. The van der Waals surface area contributed by atoms with E-state index in [1.807, 2.05) is 25.2 Å². The van der Waals surface area contributed by atoms with Crippen molar-refractivity contribution in [3.63, 3.8) is 0 Å². The summed E-state index contributed by atoms with van der Waals surface area (Å²) in [7, 11) is 1.96. The molecule has 0 aliphatic heterocycles. The fourth-order valence-corrected chi connectivity index (χ4v) is 1.34. The molecule has 2 nitrogen and oxygen atoms in total. The zero-order valence-corrected chi connectivity index (χ0v) is 8.33. The van der Waals surface area contributed by atoms with Crippen LogP contribution in [0.3, 0.4) is 0 Å². The fourth-order valence-electron chi connectivity index (χ4n) is 1.34. The van der Waals surface area contributed by atoms with Crippen LogP contribution >= 0.6 is 0 Å². The van der Waals surface area contributed by atoms with E-state index in [9.17, 15) is 0 Å². The molecule has 2 unspecified atom stereocenters. The SMILES string of the molecule is CNC(C)CC(N)c1ccccc1. The van der Waals surface area contributed by atoms with Crippen LogP contribution in [0.4, 0.5) is 0 Å². The molecule has 0 heterocycles. The van der Waals surface area contributed by atoms with Crippen molar-refractivity contribution in [2.24, 2.45) is 5.73 Å². The van der Waals surface area contributed by atoms with Crippen LogP contribution in [0.25, 0.3) is 0 Å². The molecular weight excluding hydrogens is 160 g/mol. The summed E-state index contributed by atoms with van der Waals surface area (Å²) in [6.45, 7) is 2.14. The Bertz CT molecular complexity index is 233. The molecule has 0 amide bonds. The van der Waals surface area contributed by atoms with Crippen LogP contribution in [0.5, 0.6) is 0 Å². The van der Waals surface area contributed by atoms with E-state index >= 15 is 0 Å². The number of benzene rings is 1. The largest absolute Gasteiger partial charge is 0.324 e. The van der Waals surface area contributed by atoms with E-state index in [1.165, 1.54) is 5.56 Å². The Labute approximate surface area is 80.1 Å². The maximum absolute atomic E-state index is 6.03. The van der Waals surface area contributed by atoms with E-state index < -0.39 is 0 Å². The number of nitrogens with one attached hydrogen (secondary N) is 1. The monoisotopic (exact) mass is 178 g/mol. The minimum Gasteiger partial charge on any atom is -0.324 e. The highest BCUT2D eigenvalue weighted by atomic mass is 14.9. The molecule has 1 aromatic carbocycles. The van der Waals surface area contributed by atoms with Crippen molar-refractivity contribution in [3.05, 3.63) is 35.9 Å². The van der Waals surface area contributed by atoms with E-state index in [2.05, 4.69) is 24.4 Å². The first kappa shape index (κ1) is 10.2. The second-order valence-electron chi connectivity index (χ2n) is 3.44. The van der Waals surface area contributed by atoms with Gasteiger partial charge in [0.1, 0.15) is 0 Å². The number of nitrogens with two attached hydrogens (primary N) is 1. The van der Waals surface area contributed by atoms with Crippen LogP contribution in [0, 0.1) is 0 Å². The molecule has 0 saturated heterocycles.